The summed E-state index contributed by atoms with van der Waals surface area (Å²) in [5, 5.41) is 5.67. The SMILES string of the molecule is CCC(=O)NCCCNC(=O)c1ccc(-c2ccccc2OCCOCCOCCOC)cc1. The van der Waals surface area contributed by atoms with Crippen LogP contribution in [0, 0.1) is 0 Å². The van der Waals surface area contributed by atoms with E-state index < -0.39 is 0 Å². The van der Waals surface area contributed by atoms with Crippen LogP contribution in [0.25, 0.3) is 11.1 Å². The van der Waals surface area contributed by atoms with Crippen LogP contribution in [0.4, 0.5) is 0 Å². The topological polar surface area (TPSA) is 95.1 Å². The summed E-state index contributed by atoms with van der Waals surface area (Å²) in [5.74, 6) is 0.636. The molecule has 8 nitrogen and oxygen atoms in total. The van der Waals surface area contributed by atoms with Crippen LogP contribution in [-0.2, 0) is 19.0 Å². The Bertz CT molecular complexity index is 857. The van der Waals surface area contributed by atoms with Crippen molar-refractivity contribution in [3.05, 3.63) is 54.1 Å². The number of hydrogen-bond acceptors (Lipinski definition) is 6. The molecule has 0 unspecified atom stereocenters. The molecule has 2 N–H and O–H groups in total. The summed E-state index contributed by atoms with van der Waals surface area (Å²) < 4.78 is 21.7. The highest BCUT2D eigenvalue weighted by Crippen LogP contribution is 2.30. The predicted octanol–water partition coefficient (Wildman–Crippen LogP) is 3.06. The summed E-state index contributed by atoms with van der Waals surface area (Å²) in [7, 11) is 1.64. The highest BCUT2D eigenvalue weighted by molar-refractivity contribution is 5.94. The lowest BCUT2D eigenvalue weighted by atomic mass is 10.0. The summed E-state index contributed by atoms with van der Waals surface area (Å²) in [6, 6.07) is 15.2. The van der Waals surface area contributed by atoms with Crippen molar-refractivity contribution in [2.45, 2.75) is 19.8 Å². The van der Waals surface area contributed by atoms with E-state index in [9.17, 15) is 9.59 Å². The molecule has 0 radical (unpaired) electrons. The van der Waals surface area contributed by atoms with Crippen LogP contribution in [0.3, 0.4) is 0 Å². The fourth-order valence-electron chi connectivity index (χ4n) is 3.05. The van der Waals surface area contributed by atoms with Crippen LogP contribution in [0.2, 0.25) is 0 Å². The number of methoxy groups -OCH3 is 1. The fourth-order valence-corrected chi connectivity index (χ4v) is 3.05. The zero-order chi connectivity index (χ0) is 24.4. The molecule has 8 heteroatoms. The average Bonchev–Trinajstić information content (AvgIpc) is 2.87. The van der Waals surface area contributed by atoms with Gasteiger partial charge in [-0.15, -0.1) is 0 Å². The molecule has 2 amide bonds. The number of ether oxygens (including phenoxy) is 4. The summed E-state index contributed by atoms with van der Waals surface area (Å²) in [6.07, 6.45) is 1.15. The third-order valence-corrected chi connectivity index (χ3v) is 4.92. The van der Waals surface area contributed by atoms with Crippen LogP contribution in [0.5, 0.6) is 5.75 Å². The van der Waals surface area contributed by atoms with Gasteiger partial charge < -0.3 is 29.6 Å². The third-order valence-electron chi connectivity index (χ3n) is 4.92. The van der Waals surface area contributed by atoms with Crippen molar-refractivity contribution in [3.8, 4) is 16.9 Å². The maximum absolute atomic E-state index is 12.4. The largest absolute Gasteiger partial charge is 0.491 e. The van der Waals surface area contributed by atoms with E-state index in [1.807, 2.05) is 43.3 Å². The molecule has 0 aliphatic rings. The zero-order valence-corrected chi connectivity index (χ0v) is 20.1. The molecule has 0 aliphatic heterocycles. The van der Waals surface area contributed by atoms with Gasteiger partial charge in [0.05, 0.1) is 33.0 Å². The molecule has 34 heavy (non-hydrogen) atoms. The van der Waals surface area contributed by atoms with Crippen molar-refractivity contribution in [1.29, 1.82) is 0 Å². The van der Waals surface area contributed by atoms with Crippen molar-refractivity contribution >= 4 is 11.8 Å². The first kappa shape index (κ1) is 27.3. The molecule has 0 heterocycles. The van der Waals surface area contributed by atoms with E-state index in [0.717, 1.165) is 16.9 Å². The molecular formula is C26H36N2O6. The lowest BCUT2D eigenvalue weighted by molar-refractivity contribution is -0.120. The van der Waals surface area contributed by atoms with Gasteiger partial charge in [-0.25, -0.2) is 0 Å². The number of nitrogens with one attached hydrogen (secondary N) is 2. The normalized spacial score (nSPS) is 10.6. The Morgan fingerprint density at radius 2 is 1.44 bits per heavy atom. The number of rotatable bonds is 17. The fraction of sp³-hybridized carbons (Fsp3) is 0.462. The minimum atomic E-state index is -0.138. The summed E-state index contributed by atoms with van der Waals surface area (Å²) >= 11 is 0. The Kier molecular flexibility index (Phi) is 13.4. The Hall–Kier alpha value is -2.94. The number of hydrogen-bond donors (Lipinski definition) is 2. The highest BCUT2D eigenvalue weighted by Gasteiger charge is 2.09. The standard InChI is InChI=1S/C26H36N2O6/c1-3-25(29)27-13-6-14-28-26(30)22-11-9-21(10-12-22)23-7-4-5-8-24(23)34-20-19-33-18-17-32-16-15-31-2/h4-5,7-12H,3,6,13-20H2,1-2H3,(H,27,29)(H,28,30). The number of benzene rings is 2. The first-order valence-electron chi connectivity index (χ1n) is 11.7. The Balaban J connectivity index is 1.77. The Labute approximate surface area is 201 Å². The van der Waals surface area contributed by atoms with E-state index in [1.165, 1.54) is 0 Å². The lowest BCUT2D eigenvalue weighted by Crippen LogP contribution is -2.29. The second-order valence-corrected chi connectivity index (χ2v) is 7.45. The molecule has 0 bridgehead atoms. The predicted molar refractivity (Wildman–Crippen MR) is 131 cm³/mol. The summed E-state index contributed by atoms with van der Waals surface area (Å²) in [5.41, 5.74) is 2.49. The van der Waals surface area contributed by atoms with Gasteiger partial charge in [0.25, 0.3) is 5.91 Å². The van der Waals surface area contributed by atoms with Crippen LogP contribution >= 0.6 is 0 Å². The number of carbonyl (C=O) groups is 2. The Morgan fingerprint density at radius 3 is 2.15 bits per heavy atom. The minimum Gasteiger partial charge on any atom is -0.491 e. The van der Waals surface area contributed by atoms with Gasteiger partial charge in [0, 0.05) is 37.7 Å². The lowest BCUT2D eigenvalue weighted by Gasteiger charge is -2.12. The minimum absolute atomic E-state index is 0.0158. The molecule has 0 saturated heterocycles. The second kappa shape index (κ2) is 16.6. The van der Waals surface area contributed by atoms with Gasteiger partial charge in [-0.2, -0.15) is 0 Å². The van der Waals surface area contributed by atoms with E-state index in [-0.39, 0.29) is 11.8 Å². The molecule has 2 aromatic rings. The van der Waals surface area contributed by atoms with E-state index in [0.29, 0.717) is 71.1 Å². The molecule has 0 atom stereocenters. The average molecular weight is 473 g/mol. The van der Waals surface area contributed by atoms with Crippen molar-refractivity contribution < 1.29 is 28.5 Å². The molecule has 0 spiro atoms. The van der Waals surface area contributed by atoms with Crippen molar-refractivity contribution in [2.24, 2.45) is 0 Å². The molecule has 0 saturated carbocycles. The molecule has 2 rings (SSSR count). The maximum Gasteiger partial charge on any atom is 0.251 e. The molecule has 0 aromatic heterocycles. The van der Waals surface area contributed by atoms with Gasteiger partial charge in [-0.1, -0.05) is 37.3 Å². The number of carbonyl (C=O) groups excluding carboxylic acids is 2. The number of amides is 2. The zero-order valence-electron chi connectivity index (χ0n) is 20.1. The van der Waals surface area contributed by atoms with Gasteiger partial charge >= 0.3 is 0 Å². The van der Waals surface area contributed by atoms with Crippen LogP contribution in [0.1, 0.15) is 30.1 Å². The molecule has 2 aromatic carbocycles. The van der Waals surface area contributed by atoms with E-state index in [1.54, 1.807) is 19.2 Å². The molecule has 0 fully saturated rings. The van der Waals surface area contributed by atoms with Crippen molar-refractivity contribution in [2.75, 3.05) is 59.8 Å². The van der Waals surface area contributed by atoms with Gasteiger partial charge in [-0.05, 0) is 30.2 Å². The van der Waals surface area contributed by atoms with Crippen LogP contribution in [-0.4, -0.2) is 71.7 Å². The molecular weight excluding hydrogens is 436 g/mol. The van der Waals surface area contributed by atoms with E-state index in [2.05, 4.69) is 10.6 Å². The van der Waals surface area contributed by atoms with Crippen molar-refractivity contribution in [3.63, 3.8) is 0 Å². The smallest absolute Gasteiger partial charge is 0.251 e. The van der Waals surface area contributed by atoms with Crippen LogP contribution in [0.15, 0.2) is 48.5 Å². The van der Waals surface area contributed by atoms with Gasteiger partial charge in [-0.3, -0.25) is 9.59 Å². The maximum atomic E-state index is 12.4. The molecule has 186 valence electrons. The summed E-state index contributed by atoms with van der Waals surface area (Å²) in [6.45, 7) is 5.91. The van der Waals surface area contributed by atoms with Crippen LogP contribution < -0.4 is 15.4 Å². The summed E-state index contributed by atoms with van der Waals surface area (Å²) in [4.78, 5) is 23.6. The third kappa shape index (κ3) is 10.3. The van der Waals surface area contributed by atoms with E-state index >= 15 is 0 Å². The molecule has 0 aliphatic carbocycles. The second-order valence-electron chi connectivity index (χ2n) is 7.45. The quantitative estimate of drug-likeness (QED) is 0.344. The van der Waals surface area contributed by atoms with Crippen molar-refractivity contribution in [1.82, 2.24) is 10.6 Å². The number of para-hydroxylation sites is 1. The van der Waals surface area contributed by atoms with Gasteiger partial charge in [0.2, 0.25) is 5.91 Å². The first-order chi connectivity index (χ1) is 16.7. The first-order valence-corrected chi connectivity index (χ1v) is 11.7. The van der Waals surface area contributed by atoms with Gasteiger partial charge in [0.15, 0.2) is 0 Å². The van der Waals surface area contributed by atoms with Gasteiger partial charge in [0.1, 0.15) is 12.4 Å². The monoisotopic (exact) mass is 472 g/mol. The highest BCUT2D eigenvalue weighted by atomic mass is 16.6. The Morgan fingerprint density at radius 1 is 0.794 bits per heavy atom. The van der Waals surface area contributed by atoms with E-state index in [4.69, 9.17) is 18.9 Å².